The average molecular weight is 307 g/mol. The molecule has 0 aliphatic carbocycles. The van der Waals surface area contributed by atoms with Crippen LogP contribution in [-0.4, -0.2) is 5.11 Å². The summed E-state index contributed by atoms with van der Waals surface area (Å²) in [7, 11) is 0. The molecule has 0 spiro atoms. The third-order valence-corrected chi connectivity index (χ3v) is 4.50. The molecule has 1 nitrogen and oxygen atoms in total. The van der Waals surface area contributed by atoms with E-state index in [2.05, 4.69) is 45.0 Å². The zero-order valence-corrected chi connectivity index (χ0v) is 13.6. The van der Waals surface area contributed by atoms with Crippen molar-refractivity contribution in [2.24, 2.45) is 0 Å². The lowest BCUT2D eigenvalue weighted by atomic mass is 9.87. The zero-order valence-electron chi connectivity index (χ0n) is 12.0. The number of benzene rings is 2. The Hall–Kier alpha value is -0.960. The Balaban J connectivity index is 2.16. The van der Waals surface area contributed by atoms with Gasteiger partial charge in [-0.05, 0) is 40.8 Å². The molecule has 0 saturated heterocycles. The lowest BCUT2D eigenvalue weighted by molar-refractivity contribution is 0.282. The van der Waals surface area contributed by atoms with Gasteiger partial charge in [0.15, 0.2) is 0 Å². The highest BCUT2D eigenvalue weighted by molar-refractivity contribution is 7.99. The molecule has 0 unspecified atom stereocenters. The predicted octanol–water partition coefficient (Wildman–Crippen LogP) is 5.28. The number of aliphatic hydroxyl groups is 1. The van der Waals surface area contributed by atoms with Crippen LogP contribution < -0.4 is 0 Å². The van der Waals surface area contributed by atoms with E-state index in [0.29, 0.717) is 5.02 Å². The molecule has 1 N–H and O–H groups in total. The number of rotatable bonds is 3. The minimum atomic E-state index is -0.0238. The first kappa shape index (κ1) is 15.4. The topological polar surface area (TPSA) is 20.2 Å². The average Bonchev–Trinajstić information content (AvgIpc) is 2.38. The standard InChI is InChI=1S/C17H19ClOS/c1-17(2,3)13-5-8-14(9-6-13)20-15-7-4-12(11-19)16(18)10-15/h4-10,19H,11H2,1-3H3. The van der Waals surface area contributed by atoms with E-state index in [4.69, 9.17) is 16.7 Å². The highest BCUT2D eigenvalue weighted by Crippen LogP contribution is 2.32. The molecule has 20 heavy (non-hydrogen) atoms. The van der Waals surface area contributed by atoms with Gasteiger partial charge in [-0.3, -0.25) is 0 Å². The monoisotopic (exact) mass is 306 g/mol. The van der Waals surface area contributed by atoms with Crippen molar-refractivity contribution in [1.82, 2.24) is 0 Å². The summed E-state index contributed by atoms with van der Waals surface area (Å²) in [5.41, 5.74) is 2.27. The Bertz CT molecular complexity index is 585. The molecule has 0 bridgehead atoms. The Kier molecular flexibility index (Phi) is 4.79. The molecule has 2 aromatic carbocycles. The Morgan fingerprint density at radius 3 is 2.10 bits per heavy atom. The van der Waals surface area contributed by atoms with Gasteiger partial charge in [0.25, 0.3) is 0 Å². The third kappa shape index (κ3) is 3.78. The van der Waals surface area contributed by atoms with Crippen LogP contribution in [0.25, 0.3) is 0 Å². The van der Waals surface area contributed by atoms with E-state index in [1.807, 2.05) is 18.2 Å². The summed E-state index contributed by atoms with van der Waals surface area (Å²) in [6, 6.07) is 14.4. The van der Waals surface area contributed by atoms with E-state index in [1.165, 1.54) is 10.5 Å². The summed E-state index contributed by atoms with van der Waals surface area (Å²) in [5, 5.41) is 9.73. The first-order valence-electron chi connectivity index (χ1n) is 6.58. The van der Waals surface area contributed by atoms with Crippen molar-refractivity contribution in [3.63, 3.8) is 0 Å². The minimum Gasteiger partial charge on any atom is -0.392 e. The van der Waals surface area contributed by atoms with Gasteiger partial charge in [-0.1, -0.05) is 62.3 Å². The second kappa shape index (κ2) is 6.21. The van der Waals surface area contributed by atoms with Crippen LogP contribution in [-0.2, 0) is 12.0 Å². The van der Waals surface area contributed by atoms with Crippen LogP contribution in [0.5, 0.6) is 0 Å². The first-order chi connectivity index (χ1) is 9.40. The number of hydrogen-bond acceptors (Lipinski definition) is 2. The largest absolute Gasteiger partial charge is 0.392 e. The lowest BCUT2D eigenvalue weighted by Crippen LogP contribution is -2.10. The number of aliphatic hydroxyl groups excluding tert-OH is 1. The van der Waals surface area contributed by atoms with Crippen molar-refractivity contribution >= 4 is 23.4 Å². The molecule has 0 radical (unpaired) electrons. The quantitative estimate of drug-likeness (QED) is 0.832. The maximum Gasteiger partial charge on any atom is 0.0696 e. The van der Waals surface area contributed by atoms with Crippen LogP contribution in [0, 0.1) is 0 Å². The molecule has 2 aromatic rings. The van der Waals surface area contributed by atoms with E-state index in [1.54, 1.807) is 11.8 Å². The second-order valence-corrected chi connectivity index (χ2v) is 7.34. The summed E-state index contributed by atoms with van der Waals surface area (Å²) in [6.07, 6.45) is 0. The van der Waals surface area contributed by atoms with Crippen LogP contribution in [0.2, 0.25) is 5.02 Å². The van der Waals surface area contributed by atoms with Gasteiger partial charge in [-0.15, -0.1) is 0 Å². The Morgan fingerprint density at radius 2 is 1.60 bits per heavy atom. The van der Waals surface area contributed by atoms with Crippen LogP contribution in [0.15, 0.2) is 52.3 Å². The highest BCUT2D eigenvalue weighted by atomic mass is 35.5. The smallest absolute Gasteiger partial charge is 0.0696 e. The Labute approximate surface area is 130 Å². The van der Waals surface area contributed by atoms with Gasteiger partial charge in [0.1, 0.15) is 0 Å². The fraction of sp³-hybridized carbons (Fsp3) is 0.294. The van der Waals surface area contributed by atoms with Crippen molar-refractivity contribution in [2.75, 3.05) is 0 Å². The second-order valence-electron chi connectivity index (χ2n) is 5.79. The lowest BCUT2D eigenvalue weighted by Gasteiger charge is -2.19. The third-order valence-electron chi connectivity index (χ3n) is 3.15. The molecule has 0 heterocycles. The fourth-order valence-electron chi connectivity index (χ4n) is 1.88. The summed E-state index contributed by atoms with van der Waals surface area (Å²) < 4.78 is 0. The van der Waals surface area contributed by atoms with E-state index < -0.39 is 0 Å². The van der Waals surface area contributed by atoms with Crippen LogP contribution in [0.1, 0.15) is 31.9 Å². The number of halogens is 1. The minimum absolute atomic E-state index is 0.0238. The van der Waals surface area contributed by atoms with Crippen LogP contribution in [0.4, 0.5) is 0 Å². The van der Waals surface area contributed by atoms with Crippen molar-refractivity contribution in [3.05, 3.63) is 58.6 Å². The molecule has 0 amide bonds. The molecule has 0 aromatic heterocycles. The summed E-state index contributed by atoms with van der Waals surface area (Å²) in [6.45, 7) is 6.61. The van der Waals surface area contributed by atoms with Gasteiger partial charge in [-0.2, -0.15) is 0 Å². The van der Waals surface area contributed by atoms with Gasteiger partial charge >= 0.3 is 0 Å². The fourth-order valence-corrected chi connectivity index (χ4v) is 3.04. The van der Waals surface area contributed by atoms with E-state index >= 15 is 0 Å². The predicted molar refractivity (Wildman–Crippen MR) is 86.6 cm³/mol. The summed E-state index contributed by atoms with van der Waals surface area (Å²) in [4.78, 5) is 2.27. The zero-order chi connectivity index (χ0) is 14.8. The van der Waals surface area contributed by atoms with Crippen LogP contribution >= 0.6 is 23.4 Å². The van der Waals surface area contributed by atoms with Gasteiger partial charge in [-0.25, -0.2) is 0 Å². The van der Waals surface area contributed by atoms with Crippen molar-refractivity contribution in [2.45, 2.75) is 42.6 Å². The molecule has 3 heteroatoms. The van der Waals surface area contributed by atoms with Gasteiger partial charge in [0.05, 0.1) is 6.61 Å². The van der Waals surface area contributed by atoms with Crippen molar-refractivity contribution in [3.8, 4) is 0 Å². The summed E-state index contributed by atoms with van der Waals surface area (Å²) >= 11 is 7.78. The van der Waals surface area contributed by atoms with E-state index in [0.717, 1.165) is 10.5 Å². The SMILES string of the molecule is CC(C)(C)c1ccc(Sc2ccc(CO)c(Cl)c2)cc1. The molecular formula is C17H19ClOS. The molecule has 0 atom stereocenters. The van der Waals surface area contributed by atoms with Crippen molar-refractivity contribution in [1.29, 1.82) is 0 Å². The highest BCUT2D eigenvalue weighted by Gasteiger charge is 2.13. The summed E-state index contributed by atoms with van der Waals surface area (Å²) in [5.74, 6) is 0. The molecule has 106 valence electrons. The van der Waals surface area contributed by atoms with E-state index in [-0.39, 0.29) is 12.0 Å². The first-order valence-corrected chi connectivity index (χ1v) is 7.77. The Morgan fingerprint density at radius 1 is 1.00 bits per heavy atom. The van der Waals surface area contributed by atoms with Crippen LogP contribution in [0.3, 0.4) is 0 Å². The molecule has 0 saturated carbocycles. The molecule has 0 aliphatic rings. The van der Waals surface area contributed by atoms with Gasteiger partial charge in [0, 0.05) is 14.8 Å². The molecule has 0 fully saturated rings. The maximum absolute atomic E-state index is 9.11. The molecule has 2 rings (SSSR count). The normalized spacial score (nSPS) is 11.7. The maximum atomic E-state index is 9.11. The van der Waals surface area contributed by atoms with E-state index in [9.17, 15) is 0 Å². The van der Waals surface area contributed by atoms with Gasteiger partial charge in [0.2, 0.25) is 0 Å². The van der Waals surface area contributed by atoms with Gasteiger partial charge < -0.3 is 5.11 Å². The number of hydrogen-bond donors (Lipinski definition) is 1. The molecule has 0 aliphatic heterocycles. The van der Waals surface area contributed by atoms with Crippen molar-refractivity contribution < 1.29 is 5.11 Å². The molecular weight excluding hydrogens is 288 g/mol.